The van der Waals surface area contributed by atoms with Crippen molar-refractivity contribution in [2.75, 3.05) is 12.8 Å². The van der Waals surface area contributed by atoms with E-state index >= 15 is 0 Å². The number of aryl methyl sites for hydroxylation is 2. The first-order chi connectivity index (χ1) is 8.60. The zero-order valence-electron chi connectivity index (χ0n) is 10.3. The molecule has 2 aromatic heterocycles. The molecular weight excluding hydrogens is 250 g/mol. The summed E-state index contributed by atoms with van der Waals surface area (Å²) in [5.74, 6) is 0.754. The van der Waals surface area contributed by atoms with Crippen LogP contribution in [0.4, 0.5) is 5.82 Å². The maximum atomic E-state index is 5.72. The summed E-state index contributed by atoms with van der Waals surface area (Å²) in [6, 6.07) is 1.91. The molecule has 2 heterocycles. The molecule has 0 saturated carbocycles. The van der Waals surface area contributed by atoms with Gasteiger partial charge in [0.2, 0.25) is 0 Å². The van der Waals surface area contributed by atoms with E-state index in [1.165, 1.54) is 25.2 Å². The molecule has 94 valence electrons. The van der Waals surface area contributed by atoms with Crippen molar-refractivity contribution in [3.8, 4) is 5.75 Å². The van der Waals surface area contributed by atoms with Crippen molar-refractivity contribution in [2.45, 2.75) is 24.0 Å². The Hall–Kier alpha value is -1.89. The van der Waals surface area contributed by atoms with Crippen LogP contribution in [-0.2, 0) is 0 Å². The van der Waals surface area contributed by atoms with Crippen LogP contribution in [0.15, 0.2) is 22.6 Å². The topological polar surface area (TPSA) is 86.8 Å². The van der Waals surface area contributed by atoms with Gasteiger partial charge in [-0.15, -0.1) is 0 Å². The highest BCUT2D eigenvalue weighted by molar-refractivity contribution is 7.99. The van der Waals surface area contributed by atoms with E-state index < -0.39 is 0 Å². The van der Waals surface area contributed by atoms with Gasteiger partial charge in [0.25, 0.3) is 0 Å². The predicted molar refractivity (Wildman–Crippen MR) is 68.6 cm³/mol. The average molecular weight is 263 g/mol. The summed E-state index contributed by atoms with van der Waals surface area (Å²) in [4.78, 5) is 16.7. The number of nitrogen functional groups attached to an aromatic ring is 1. The standard InChI is InChI=1S/C11H13N5OS/c1-6-4-7(2)16-11(15-6)18-10-8(17-3)9(12)13-5-14-10/h4-5H,1-3H3,(H2,12,13,14). The number of ether oxygens (including phenoxy) is 1. The molecule has 6 nitrogen and oxygen atoms in total. The summed E-state index contributed by atoms with van der Waals surface area (Å²) in [6.07, 6.45) is 1.39. The number of nitrogens with zero attached hydrogens (tertiary/aromatic N) is 4. The number of anilines is 1. The van der Waals surface area contributed by atoms with Crippen molar-refractivity contribution in [1.82, 2.24) is 19.9 Å². The minimum atomic E-state index is 0.305. The second kappa shape index (κ2) is 5.18. The average Bonchev–Trinajstić information content (AvgIpc) is 2.27. The highest BCUT2D eigenvalue weighted by Crippen LogP contribution is 2.33. The van der Waals surface area contributed by atoms with Crippen molar-refractivity contribution in [1.29, 1.82) is 0 Å². The molecule has 0 aliphatic heterocycles. The maximum absolute atomic E-state index is 5.72. The number of hydrogen-bond acceptors (Lipinski definition) is 7. The van der Waals surface area contributed by atoms with Crippen molar-refractivity contribution < 1.29 is 4.74 Å². The smallest absolute Gasteiger partial charge is 0.194 e. The third-order valence-corrected chi connectivity index (χ3v) is 3.00. The molecule has 0 atom stereocenters. The summed E-state index contributed by atoms with van der Waals surface area (Å²) in [5.41, 5.74) is 7.53. The van der Waals surface area contributed by atoms with Gasteiger partial charge in [-0.1, -0.05) is 0 Å². The first kappa shape index (κ1) is 12.6. The van der Waals surface area contributed by atoms with E-state index in [9.17, 15) is 0 Å². The van der Waals surface area contributed by atoms with Crippen LogP contribution in [0.5, 0.6) is 5.75 Å². The zero-order chi connectivity index (χ0) is 13.1. The van der Waals surface area contributed by atoms with Crippen LogP contribution in [0, 0.1) is 13.8 Å². The van der Waals surface area contributed by atoms with Gasteiger partial charge < -0.3 is 10.5 Å². The van der Waals surface area contributed by atoms with Gasteiger partial charge in [0.15, 0.2) is 21.7 Å². The van der Waals surface area contributed by atoms with E-state index in [0.29, 0.717) is 21.7 Å². The highest BCUT2D eigenvalue weighted by atomic mass is 32.2. The lowest BCUT2D eigenvalue weighted by molar-refractivity contribution is 0.401. The summed E-state index contributed by atoms with van der Waals surface area (Å²) in [5, 5.41) is 1.22. The van der Waals surface area contributed by atoms with Crippen molar-refractivity contribution in [2.24, 2.45) is 0 Å². The third-order valence-electron chi connectivity index (χ3n) is 2.15. The van der Waals surface area contributed by atoms with Crippen molar-refractivity contribution in [3.05, 3.63) is 23.8 Å². The molecule has 18 heavy (non-hydrogen) atoms. The lowest BCUT2D eigenvalue weighted by atomic mass is 10.4. The Balaban J connectivity index is 2.36. The first-order valence-corrected chi connectivity index (χ1v) is 6.06. The van der Waals surface area contributed by atoms with Gasteiger partial charge in [-0.05, 0) is 31.7 Å². The molecule has 0 radical (unpaired) electrons. The largest absolute Gasteiger partial charge is 0.490 e. The SMILES string of the molecule is COc1c(N)ncnc1Sc1nc(C)cc(C)n1. The Labute approximate surface area is 109 Å². The Morgan fingerprint density at radius 1 is 1.17 bits per heavy atom. The van der Waals surface area contributed by atoms with Crippen molar-refractivity contribution >= 4 is 17.6 Å². The van der Waals surface area contributed by atoms with Gasteiger partial charge in [0.1, 0.15) is 6.33 Å². The lowest BCUT2D eigenvalue weighted by Crippen LogP contribution is -2.00. The molecule has 0 fully saturated rings. The van der Waals surface area contributed by atoms with E-state index in [2.05, 4.69) is 19.9 Å². The molecule has 2 rings (SSSR count). The Morgan fingerprint density at radius 3 is 2.44 bits per heavy atom. The Bertz CT molecular complexity index is 555. The van der Waals surface area contributed by atoms with Gasteiger partial charge >= 0.3 is 0 Å². The molecule has 2 aromatic rings. The van der Waals surface area contributed by atoms with Gasteiger partial charge in [-0.25, -0.2) is 19.9 Å². The summed E-state index contributed by atoms with van der Waals surface area (Å²) < 4.78 is 5.18. The lowest BCUT2D eigenvalue weighted by Gasteiger charge is -2.08. The van der Waals surface area contributed by atoms with Crippen LogP contribution in [-0.4, -0.2) is 27.0 Å². The molecule has 0 amide bonds. The molecule has 0 unspecified atom stereocenters. The van der Waals surface area contributed by atoms with Crippen molar-refractivity contribution in [3.63, 3.8) is 0 Å². The fourth-order valence-electron chi connectivity index (χ4n) is 1.46. The molecular formula is C11H13N5OS. The normalized spacial score (nSPS) is 10.4. The summed E-state index contributed by atoms with van der Waals surface area (Å²) >= 11 is 1.30. The zero-order valence-corrected chi connectivity index (χ0v) is 11.2. The summed E-state index contributed by atoms with van der Waals surface area (Å²) in [6.45, 7) is 3.84. The number of aromatic nitrogens is 4. The fraction of sp³-hybridized carbons (Fsp3) is 0.273. The van der Waals surface area contributed by atoms with Crippen LogP contribution < -0.4 is 10.5 Å². The molecule has 0 aliphatic rings. The molecule has 2 N–H and O–H groups in total. The molecule has 7 heteroatoms. The molecule has 0 spiro atoms. The number of nitrogens with two attached hydrogens (primary N) is 1. The van der Waals surface area contributed by atoms with E-state index in [1.54, 1.807) is 0 Å². The monoisotopic (exact) mass is 263 g/mol. The van der Waals surface area contributed by atoms with Gasteiger partial charge in [0, 0.05) is 11.4 Å². The third kappa shape index (κ3) is 2.67. The van der Waals surface area contributed by atoms with E-state index in [0.717, 1.165) is 11.4 Å². The Kier molecular flexibility index (Phi) is 3.61. The van der Waals surface area contributed by atoms with E-state index in [-0.39, 0.29) is 0 Å². The minimum Gasteiger partial charge on any atom is -0.490 e. The predicted octanol–water partition coefficient (Wildman–Crippen LogP) is 1.63. The van der Waals surface area contributed by atoms with Gasteiger partial charge in [0.05, 0.1) is 7.11 Å². The Morgan fingerprint density at radius 2 is 1.83 bits per heavy atom. The van der Waals surface area contributed by atoms with E-state index in [4.69, 9.17) is 10.5 Å². The van der Waals surface area contributed by atoms with Crippen LogP contribution in [0.1, 0.15) is 11.4 Å². The quantitative estimate of drug-likeness (QED) is 0.665. The van der Waals surface area contributed by atoms with Crippen LogP contribution in [0.3, 0.4) is 0 Å². The maximum Gasteiger partial charge on any atom is 0.194 e. The van der Waals surface area contributed by atoms with Crippen LogP contribution >= 0.6 is 11.8 Å². The highest BCUT2D eigenvalue weighted by Gasteiger charge is 2.13. The van der Waals surface area contributed by atoms with Gasteiger partial charge in [-0.3, -0.25) is 0 Å². The first-order valence-electron chi connectivity index (χ1n) is 5.24. The molecule has 0 saturated heterocycles. The van der Waals surface area contributed by atoms with Gasteiger partial charge in [-0.2, -0.15) is 0 Å². The van der Waals surface area contributed by atoms with Crippen LogP contribution in [0.2, 0.25) is 0 Å². The number of rotatable bonds is 3. The summed E-state index contributed by atoms with van der Waals surface area (Å²) in [7, 11) is 1.53. The molecule has 0 bridgehead atoms. The molecule has 0 aromatic carbocycles. The molecule has 0 aliphatic carbocycles. The fourth-order valence-corrected chi connectivity index (χ4v) is 2.39. The second-order valence-electron chi connectivity index (χ2n) is 3.63. The number of methoxy groups -OCH3 is 1. The second-order valence-corrected chi connectivity index (χ2v) is 4.59. The minimum absolute atomic E-state index is 0.305. The van der Waals surface area contributed by atoms with E-state index in [1.807, 2.05) is 19.9 Å². The van der Waals surface area contributed by atoms with Crippen LogP contribution in [0.25, 0.3) is 0 Å². The number of hydrogen-bond donors (Lipinski definition) is 1.